The Kier molecular flexibility index (Phi) is 1.47. The van der Waals surface area contributed by atoms with Crippen LogP contribution in [0.4, 0.5) is 0 Å². The summed E-state index contributed by atoms with van der Waals surface area (Å²) in [6, 6.07) is 0. The molecule has 0 bridgehead atoms. The van der Waals surface area contributed by atoms with Gasteiger partial charge in [0.2, 0.25) is 0 Å². The van der Waals surface area contributed by atoms with Crippen molar-refractivity contribution in [2.75, 3.05) is 13.2 Å². The minimum absolute atomic E-state index is 0.944. The van der Waals surface area contributed by atoms with E-state index in [0.717, 1.165) is 19.6 Å². The zero-order valence-corrected chi connectivity index (χ0v) is 3.70. The van der Waals surface area contributed by atoms with E-state index in [0.29, 0.717) is 0 Å². The van der Waals surface area contributed by atoms with Crippen molar-refractivity contribution < 1.29 is 0 Å². The molecule has 1 fully saturated rings. The van der Waals surface area contributed by atoms with E-state index in [9.17, 15) is 0 Å². The van der Waals surface area contributed by atoms with Crippen molar-refractivity contribution in [1.29, 1.82) is 0 Å². The van der Waals surface area contributed by atoms with E-state index in [-0.39, 0.29) is 0 Å². The fourth-order valence-electron chi connectivity index (χ4n) is 0.509. The minimum atomic E-state index is 0.944. The number of rotatable bonds is 0. The lowest BCUT2D eigenvalue weighted by Crippen LogP contribution is -2.33. The summed E-state index contributed by atoms with van der Waals surface area (Å²) in [5.74, 6) is 0. The monoisotopic (exact) mass is 85.1 g/mol. The molecule has 0 saturated carbocycles. The van der Waals surface area contributed by atoms with Gasteiger partial charge in [-0.05, 0) is 13.0 Å². The predicted molar refractivity (Wildman–Crippen MR) is 24.9 cm³/mol. The van der Waals surface area contributed by atoms with Gasteiger partial charge in [-0.2, -0.15) is 0 Å². The van der Waals surface area contributed by atoms with Gasteiger partial charge in [0.05, 0.1) is 0 Å². The molecular formula is C4H9N2. The van der Waals surface area contributed by atoms with Gasteiger partial charge in [-0.1, -0.05) is 0 Å². The molecule has 2 nitrogen and oxygen atoms in total. The molecule has 1 aliphatic heterocycles. The number of nitrogens with one attached hydrogen (secondary N) is 2. The van der Waals surface area contributed by atoms with Crippen molar-refractivity contribution in [2.24, 2.45) is 0 Å². The van der Waals surface area contributed by atoms with Gasteiger partial charge in [0, 0.05) is 13.2 Å². The minimum Gasteiger partial charge on any atom is -0.304 e. The molecule has 0 atom stereocenters. The molecule has 6 heavy (non-hydrogen) atoms. The maximum absolute atomic E-state index is 3.14. The van der Waals surface area contributed by atoms with Crippen LogP contribution in [-0.2, 0) is 0 Å². The highest BCUT2D eigenvalue weighted by molar-refractivity contribution is 4.67. The molecule has 0 amide bonds. The zero-order valence-electron chi connectivity index (χ0n) is 3.70. The van der Waals surface area contributed by atoms with E-state index < -0.39 is 0 Å². The van der Waals surface area contributed by atoms with E-state index in [1.807, 2.05) is 0 Å². The quantitative estimate of drug-likeness (QED) is 0.421. The van der Waals surface area contributed by atoms with Crippen molar-refractivity contribution in [1.82, 2.24) is 10.6 Å². The summed E-state index contributed by atoms with van der Waals surface area (Å²) >= 11 is 0. The van der Waals surface area contributed by atoms with Gasteiger partial charge in [-0.3, -0.25) is 0 Å². The van der Waals surface area contributed by atoms with Crippen LogP contribution in [0.15, 0.2) is 0 Å². The molecule has 1 aliphatic rings. The molecule has 35 valence electrons. The first-order valence-corrected chi connectivity index (χ1v) is 2.26. The van der Waals surface area contributed by atoms with E-state index >= 15 is 0 Å². The average Bonchev–Trinajstić information content (AvgIpc) is 1.72. The summed E-state index contributed by atoms with van der Waals surface area (Å²) in [4.78, 5) is 0. The molecule has 2 heteroatoms. The molecule has 1 rings (SSSR count). The average molecular weight is 85.1 g/mol. The van der Waals surface area contributed by atoms with Crippen molar-refractivity contribution >= 4 is 0 Å². The van der Waals surface area contributed by atoms with E-state index in [4.69, 9.17) is 0 Å². The van der Waals surface area contributed by atoms with Gasteiger partial charge in [0.25, 0.3) is 0 Å². The van der Waals surface area contributed by atoms with Crippen LogP contribution in [0.5, 0.6) is 0 Å². The van der Waals surface area contributed by atoms with Gasteiger partial charge in [-0.25, -0.2) is 0 Å². The molecule has 0 aliphatic carbocycles. The molecule has 0 aromatic carbocycles. The largest absolute Gasteiger partial charge is 0.304 e. The van der Waals surface area contributed by atoms with Gasteiger partial charge >= 0.3 is 0 Å². The summed E-state index contributed by atoms with van der Waals surface area (Å²) in [7, 11) is 0. The molecule has 0 unspecified atom stereocenters. The molecule has 1 radical (unpaired) electrons. The third-order valence-corrected chi connectivity index (χ3v) is 0.837. The molecular weight excluding hydrogens is 76.1 g/mol. The topological polar surface area (TPSA) is 24.1 Å². The Balaban J connectivity index is 2.00. The van der Waals surface area contributed by atoms with E-state index in [2.05, 4.69) is 17.2 Å². The molecule has 0 aromatic rings. The molecule has 1 heterocycles. The summed E-state index contributed by atoms with van der Waals surface area (Å²) in [6.45, 7) is 4.16. The Hall–Kier alpha value is -0.0800. The highest BCUT2D eigenvalue weighted by Crippen LogP contribution is 1.81. The lowest BCUT2D eigenvalue weighted by Gasteiger charge is -2.10. The van der Waals surface area contributed by atoms with Gasteiger partial charge in [0.15, 0.2) is 0 Å². The van der Waals surface area contributed by atoms with E-state index in [1.165, 1.54) is 0 Å². The van der Waals surface area contributed by atoms with Gasteiger partial charge in [-0.15, -0.1) is 0 Å². The van der Waals surface area contributed by atoms with Crippen LogP contribution in [0.25, 0.3) is 0 Å². The first-order chi connectivity index (χ1) is 3.00. The van der Waals surface area contributed by atoms with Crippen molar-refractivity contribution in [3.63, 3.8) is 0 Å². The van der Waals surface area contributed by atoms with Crippen LogP contribution >= 0.6 is 0 Å². The Morgan fingerprint density at radius 2 is 2.50 bits per heavy atom. The van der Waals surface area contributed by atoms with Crippen LogP contribution in [0.2, 0.25) is 0 Å². The lowest BCUT2D eigenvalue weighted by atomic mass is 10.4. The fraction of sp³-hybridized carbons (Fsp3) is 0.750. The van der Waals surface area contributed by atoms with Crippen LogP contribution in [0.1, 0.15) is 6.42 Å². The third kappa shape index (κ3) is 0.954. The Labute approximate surface area is 37.9 Å². The third-order valence-electron chi connectivity index (χ3n) is 0.837. The summed E-state index contributed by atoms with van der Waals surface area (Å²) < 4.78 is 0. The second-order valence-corrected chi connectivity index (χ2v) is 1.37. The summed E-state index contributed by atoms with van der Waals surface area (Å²) in [6.07, 6.45) is 1.15. The van der Waals surface area contributed by atoms with Crippen LogP contribution in [0.3, 0.4) is 0 Å². The van der Waals surface area contributed by atoms with E-state index in [1.54, 1.807) is 0 Å². The Bertz CT molecular complexity index is 21.0. The standard InChI is InChI=1S/C4H9N2/c1-2-5-4-6-3-1/h2,5-6H,1,3-4H2. The number of hydrogen-bond acceptors (Lipinski definition) is 2. The van der Waals surface area contributed by atoms with Crippen molar-refractivity contribution in [3.05, 3.63) is 6.54 Å². The maximum Gasteiger partial charge on any atom is 0.0456 e. The van der Waals surface area contributed by atoms with Gasteiger partial charge in [0.1, 0.15) is 0 Å². The van der Waals surface area contributed by atoms with Gasteiger partial charge < -0.3 is 10.6 Å². The van der Waals surface area contributed by atoms with Crippen LogP contribution in [0, 0.1) is 6.54 Å². The highest BCUT2D eigenvalue weighted by atomic mass is 15.1. The maximum atomic E-state index is 3.14. The Morgan fingerprint density at radius 1 is 1.50 bits per heavy atom. The zero-order chi connectivity index (χ0) is 4.24. The lowest BCUT2D eigenvalue weighted by molar-refractivity contribution is 0.549. The van der Waals surface area contributed by atoms with Crippen LogP contribution in [-0.4, -0.2) is 13.2 Å². The molecule has 0 spiro atoms. The Morgan fingerprint density at radius 3 is 2.67 bits per heavy atom. The first kappa shape index (κ1) is 4.09. The summed E-state index contributed by atoms with van der Waals surface area (Å²) in [5.41, 5.74) is 0. The molecule has 1 saturated heterocycles. The van der Waals surface area contributed by atoms with Crippen LogP contribution < -0.4 is 10.6 Å². The second-order valence-electron chi connectivity index (χ2n) is 1.37. The number of hydrogen-bond donors (Lipinski definition) is 2. The molecule has 2 N–H and O–H groups in total. The smallest absolute Gasteiger partial charge is 0.0456 e. The summed E-state index contributed by atoms with van der Waals surface area (Å²) in [5, 5.41) is 6.19. The SMILES string of the molecule is [CH]1CCNCN1. The van der Waals surface area contributed by atoms with Crippen molar-refractivity contribution in [3.8, 4) is 0 Å². The normalized spacial score (nSPS) is 24.0. The van der Waals surface area contributed by atoms with Crippen molar-refractivity contribution in [2.45, 2.75) is 6.42 Å². The molecule has 0 aromatic heterocycles. The highest BCUT2D eigenvalue weighted by Gasteiger charge is 1.92. The fourth-order valence-corrected chi connectivity index (χ4v) is 0.509. The second kappa shape index (κ2) is 2.16. The predicted octanol–water partition coefficient (Wildman–Crippen LogP) is -0.311. The first-order valence-electron chi connectivity index (χ1n) is 2.26.